The van der Waals surface area contributed by atoms with E-state index < -0.39 is 0 Å². The molecule has 3 nitrogen and oxygen atoms in total. The molecule has 1 N–H and O–H groups in total. The lowest BCUT2D eigenvalue weighted by atomic mass is 10.1. The van der Waals surface area contributed by atoms with Crippen molar-refractivity contribution in [2.24, 2.45) is 0 Å². The maximum absolute atomic E-state index is 4.41. The van der Waals surface area contributed by atoms with Crippen LogP contribution in [-0.4, -0.2) is 15.2 Å². The molecule has 78 valence electrons. The Balaban J connectivity index is 2.18. The highest BCUT2D eigenvalue weighted by Crippen LogP contribution is 2.20. The van der Waals surface area contributed by atoms with Crippen LogP contribution in [0.5, 0.6) is 0 Å². The largest absolute Gasteiger partial charge is 0.282 e. The minimum atomic E-state index is 0.892. The first-order valence-corrected chi connectivity index (χ1v) is 5.20. The van der Waals surface area contributed by atoms with Crippen LogP contribution < -0.4 is 0 Å². The minimum Gasteiger partial charge on any atom is -0.282 e. The first-order chi connectivity index (χ1) is 7.83. The molecule has 0 spiro atoms. The Morgan fingerprint density at radius 1 is 1.00 bits per heavy atom. The molecule has 0 fully saturated rings. The highest BCUT2D eigenvalue weighted by Gasteiger charge is 2.03. The summed E-state index contributed by atoms with van der Waals surface area (Å²) in [5, 5.41) is 9.47. The number of aryl methyl sites for hydroxylation is 1. The number of fused-ring (bicyclic) bond motifs is 1. The van der Waals surface area contributed by atoms with Gasteiger partial charge in [-0.25, -0.2) is 0 Å². The zero-order valence-corrected chi connectivity index (χ0v) is 8.94. The second-order valence-corrected chi connectivity index (χ2v) is 3.85. The molecular weight excluding hydrogens is 198 g/mol. The summed E-state index contributed by atoms with van der Waals surface area (Å²) in [6.07, 6.45) is 1.88. The van der Waals surface area contributed by atoms with Crippen molar-refractivity contribution in [2.75, 3.05) is 0 Å². The lowest BCUT2D eigenvalue weighted by Gasteiger charge is -1.99. The van der Waals surface area contributed by atoms with Crippen LogP contribution in [0.15, 0.2) is 42.6 Å². The number of hydrogen-bond donors (Lipinski definition) is 1. The Bertz CT molecular complexity index is 640. The van der Waals surface area contributed by atoms with Crippen LogP contribution in [0, 0.1) is 6.92 Å². The Labute approximate surface area is 93.2 Å². The number of aromatic nitrogens is 3. The van der Waals surface area contributed by atoms with Gasteiger partial charge in [-0.2, -0.15) is 5.10 Å². The number of H-pyrrole nitrogens is 1. The quantitative estimate of drug-likeness (QED) is 0.669. The Kier molecular flexibility index (Phi) is 1.96. The van der Waals surface area contributed by atoms with Gasteiger partial charge in [0.25, 0.3) is 0 Å². The zero-order valence-electron chi connectivity index (χ0n) is 8.94. The van der Waals surface area contributed by atoms with Crippen molar-refractivity contribution in [3.63, 3.8) is 0 Å². The normalized spacial score (nSPS) is 10.8. The zero-order chi connectivity index (χ0) is 11.0. The summed E-state index contributed by atoms with van der Waals surface area (Å²) in [4.78, 5) is 4.41. The second-order valence-electron chi connectivity index (χ2n) is 3.85. The highest BCUT2D eigenvalue weighted by molar-refractivity contribution is 5.84. The lowest BCUT2D eigenvalue weighted by molar-refractivity contribution is 1.05. The molecule has 0 saturated carbocycles. The molecule has 2 aromatic heterocycles. The predicted octanol–water partition coefficient (Wildman–Crippen LogP) is 2.93. The van der Waals surface area contributed by atoms with E-state index in [1.54, 1.807) is 0 Å². The standard InChI is InChI=1S/C13H11N3/c1-9-6-13(16-15-9)12-7-10-4-2-3-5-11(10)8-14-12/h2-8H,1H3,(H,15,16). The third kappa shape index (κ3) is 1.46. The Hall–Kier alpha value is -2.16. The van der Waals surface area contributed by atoms with Crippen LogP contribution in [0.3, 0.4) is 0 Å². The van der Waals surface area contributed by atoms with Gasteiger partial charge >= 0.3 is 0 Å². The van der Waals surface area contributed by atoms with E-state index in [0.717, 1.165) is 22.5 Å². The molecule has 0 aliphatic heterocycles. The van der Waals surface area contributed by atoms with Crippen LogP contribution in [0.25, 0.3) is 22.2 Å². The van der Waals surface area contributed by atoms with Gasteiger partial charge in [-0.15, -0.1) is 0 Å². The molecule has 2 heterocycles. The number of nitrogens with one attached hydrogen (secondary N) is 1. The molecule has 0 bridgehead atoms. The van der Waals surface area contributed by atoms with Gasteiger partial charge in [0.15, 0.2) is 0 Å². The van der Waals surface area contributed by atoms with Crippen molar-refractivity contribution >= 4 is 10.8 Å². The SMILES string of the molecule is Cc1cc(-c2cc3ccccc3cn2)n[nH]1. The van der Waals surface area contributed by atoms with Gasteiger partial charge in [0.05, 0.1) is 5.69 Å². The van der Waals surface area contributed by atoms with E-state index in [0.29, 0.717) is 0 Å². The fourth-order valence-corrected chi connectivity index (χ4v) is 1.77. The summed E-state index contributed by atoms with van der Waals surface area (Å²) < 4.78 is 0. The van der Waals surface area contributed by atoms with Crippen LogP contribution in [0.2, 0.25) is 0 Å². The summed E-state index contributed by atoms with van der Waals surface area (Å²) in [5.74, 6) is 0. The van der Waals surface area contributed by atoms with Crippen LogP contribution in [0.1, 0.15) is 5.69 Å². The minimum absolute atomic E-state index is 0.892. The number of pyridine rings is 1. The summed E-state index contributed by atoms with van der Waals surface area (Å²) in [5.41, 5.74) is 2.84. The molecule has 0 amide bonds. The van der Waals surface area contributed by atoms with E-state index in [-0.39, 0.29) is 0 Å². The first kappa shape index (κ1) is 9.09. The smallest absolute Gasteiger partial charge is 0.111 e. The topological polar surface area (TPSA) is 41.6 Å². The van der Waals surface area contributed by atoms with Gasteiger partial charge in [-0.1, -0.05) is 24.3 Å². The highest BCUT2D eigenvalue weighted by atomic mass is 15.1. The molecule has 3 aromatic rings. The Morgan fingerprint density at radius 3 is 2.56 bits per heavy atom. The Morgan fingerprint density at radius 2 is 1.81 bits per heavy atom. The molecule has 3 heteroatoms. The summed E-state index contributed by atoms with van der Waals surface area (Å²) >= 11 is 0. The lowest BCUT2D eigenvalue weighted by Crippen LogP contribution is -1.84. The predicted molar refractivity (Wildman–Crippen MR) is 64.1 cm³/mol. The van der Waals surface area contributed by atoms with Gasteiger partial charge in [-0.05, 0) is 24.4 Å². The molecule has 0 unspecified atom stereocenters. The van der Waals surface area contributed by atoms with Crippen molar-refractivity contribution in [3.05, 3.63) is 48.3 Å². The van der Waals surface area contributed by atoms with Gasteiger partial charge in [0.1, 0.15) is 5.69 Å². The van der Waals surface area contributed by atoms with Gasteiger partial charge in [0, 0.05) is 17.3 Å². The monoisotopic (exact) mass is 209 g/mol. The molecule has 3 rings (SSSR count). The van der Waals surface area contributed by atoms with E-state index in [4.69, 9.17) is 0 Å². The number of nitrogens with zero attached hydrogens (tertiary/aromatic N) is 2. The molecule has 0 radical (unpaired) electrons. The van der Waals surface area contributed by atoms with E-state index in [1.165, 1.54) is 5.39 Å². The van der Waals surface area contributed by atoms with Gasteiger partial charge in [0.2, 0.25) is 0 Å². The summed E-state index contributed by atoms with van der Waals surface area (Å²) in [6.45, 7) is 1.98. The molecular formula is C13H11N3. The van der Waals surface area contributed by atoms with Gasteiger partial charge in [-0.3, -0.25) is 10.1 Å². The fraction of sp³-hybridized carbons (Fsp3) is 0.0769. The fourth-order valence-electron chi connectivity index (χ4n) is 1.77. The molecule has 1 aromatic carbocycles. The van der Waals surface area contributed by atoms with Crippen LogP contribution >= 0.6 is 0 Å². The van der Waals surface area contributed by atoms with E-state index in [1.807, 2.05) is 31.3 Å². The van der Waals surface area contributed by atoms with E-state index in [9.17, 15) is 0 Å². The summed E-state index contributed by atoms with van der Waals surface area (Å²) in [7, 11) is 0. The summed E-state index contributed by atoms with van der Waals surface area (Å²) in [6, 6.07) is 12.2. The number of hydrogen-bond acceptors (Lipinski definition) is 2. The third-order valence-electron chi connectivity index (χ3n) is 2.60. The molecule has 16 heavy (non-hydrogen) atoms. The third-order valence-corrected chi connectivity index (χ3v) is 2.60. The van der Waals surface area contributed by atoms with E-state index in [2.05, 4.69) is 33.4 Å². The van der Waals surface area contributed by atoms with Crippen molar-refractivity contribution in [2.45, 2.75) is 6.92 Å². The van der Waals surface area contributed by atoms with Crippen molar-refractivity contribution in [3.8, 4) is 11.4 Å². The van der Waals surface area contributed by atoms with Crippen molar-refractivity contribution in [1.82, 2.24) is 15.2 Å². The molecule has 0 saturated heterocycles. The van der Waals surface area contributed by atoms with Crippen LogP contribution in [0.4, 0.5) is 0 Å². The average Bonchev–Trinajstić information content (AvgIpc) is 2.75. The van der Waals surface area contributed by atoms with Gasteiger partial charge < -0.3 is 0 Å². The number of rotatable bonds is 1. The average molecular weight is 209 g/mol. The molecule has 0 atom stereocenters. The van der Waals surface area contributed by atoms with Crippen LogP contribution in [-0.2, 0) is 0 Å². The van der Waals surface area contributed by atoms with E-state index >= 15 is 0 Å². The first-order valence-electron chi connectivity index (χ1n) is 5.20. The molecule has 0 aliphatic rings. The van der Waals surface area contributed by atoms with Crippen molar-refractivity contribution < 1.29 is 0 Å². The number of aromatic amines is 1. The maximum Gasteiger partial charge on any atom is 0.111 e. The second kappa shape index (κ2) is 3.45. The molecule has 0 aliphatic carbocycles. The maximum atomic E-state index is 4.41. The number of benzene rings is 1. The van der Waals surface area contributed by atoms with Crippen molar-refractivity contribution in [1.29, 1.82) is 0 Å².